The maximum absolute atomic E-state index is 14.0. The number of carbonyl (C=O) groups is 1. The third-order valence-corrected chi connectivity index (χ3v) is 7.87. The van der Waals surface area contributed by atoms with Crippen LogP contribution in [0.2, 0.25) is 0 Å². The van der Waals surface area contributed by atoms with Gasteiger partial charge in [-0.1, -0.05) is 60.7 Å². The number of rotatable bonds is 4. The first-order valence-electron chi connectivity index (χ1n) is 11.9. The van der Waals surface area contributed by atoms with Crippen molar-refractivity contribution in [1.82, 2.24) is 10.7 Å². The van der Waals surface area contributed by atoms with Crippen molar-refractivity contribution < 1.29 is 17.8 Å². The number of pyridine rings is 1. The van der Waals surface area contributed by atoms with Crippen LogP contribution in [0.5, 0.6) is 0 Å². The van der Waals surface area contributed by atoms with Crippen molar-refractivity contribution in [3.8, 4) is 22.3 Å². The highest BCUT2D eigenvalue weighted by Crippen LogP contribution is 2.46. The second kappa shape index (κ2) is 9.32. The smallest absolute Gasteiger partial charge is 0.296 e. The molecule has 0 amide bonds. The van der Waals surface area contributed by atoms with Crippen LogP contribution in [0.25, 0.3) is 33.2 Å². The highest BCUT2D eigenvalue weighted by molar-refractivity contribution is 7.86. The molecule has 4 aromatic carbocycles. The first kappa shape index (κ1) is 26.1. The minimum Gasteiger partial charge on any atom is -0.354 e. The van der Waals surface area contributed by atoms with E-state index in [1.165, 1.54) is 10.6 Å². The van der Waals surface area contributed by atoms with E-state index in [-0.39, 0.29) is 28.1 Å². The topological polar surface area (TPSA) is 140 Å². The van der Waals surface area contributed by atoms with Crippen molar-refractivity contribution in [3.63, 3.8) is 0 Å². The Hall–Kier alpha value is -4.57. The van der Waals surface area contributed by atoms with E-state index in [9.17, 15) is 22.6 Å². The molecule has 5 aromatic rings. The molecule has 9 heteroatoms. The van der Waals surface area contributed by atoms with E-state index in [0.29, 0.717) is 50.0 Å². The van der Waals surface area contributed by atoms with E-state index in [0.717, 1.165) is 5.56 Å². The summed E-state index contributed by atoms with van der Waals surface area (Å²) in [5, 5.41) is 3.68. The third kappa shape index (κ3) is 4.04. The Morgan fingerprint density at radius 1 is 0.769 bits per heavy atom. The van der Waals surface area contributed by atoms with Gasteiger partial charge in [-0.15, -0.1) is 0 Å². The first-order valence-corrected chi connectivity index (χ1v) is 13.3. The van der Waals surface area contributed by atoms with Gasteiger partial charge in [0.15, 0.2) is 5.78 Å². The van der Waals surface area contributed by atoms with Crippen LogP contribution >= 0.6 is 0 Å². The molecule has 0 saturated carbocycles. The molecule has 0 fully saturated rings. The molecular formula is C30H25N3O5S. The molecule has 1 aliphatic carbocycles. The fourth-order valence-corrected chi connectivity index (χ4v) is 5.97. The molecule has 8 nitrogen and oxygen atoms in total. The van der Waals surface area contributed by atoms with Crippen molar-refractivity contribution in [2.24, 2.45) is 7.05 Å². The Bertz CT molecular complexity index is 1980. The second-order valence-corrected chi connectivity index (χ2v) is 10.7. The fraction of sp³-hybridized carbons (Fsp3) is 0.0667. The van der Waals surface area contributed by atoms with E-state index in [1.54, 1.807) is 50.4 Å². The molecular weight excluding hydrogens is 514 g/mol. The lowest BCUT2D eigenvalue weighted by atomic mass is 9.80. The van der Waals surface area contributed by atoms with E-state index >= 15 is 0 Å². The lowest BCUT2D eigenvalue weighted by molar-refractivity contribution is 0.104. The van der Waals surface area contributed by atoms with E-state index in [1.807, 2.05) is 42.5 Å². The Kier molecular flexibility index (Phi) is 6.22. The summed E-state index contributed by atoms with van der Waals surface area (Å²) in [7, 11) is -2.87. The molecule has 0 radical (unpaired) electrons. The average molecular weight is 540 g/mol. The molecule has 0 aliphatic heterocycles. The van der Waals surface area contributed by atoms with Gasteiger partial charge in [0.2, 0.25) is 0 Å². The van der Waals surface area contributed by atoms with E-state index in [4.69, 9.17) is 0 Å². The predicted molar refractivity (Wildman–Crippen MR) is 153 cm³/mol. The number of fused-ring (bicyclic) bond motifs is 2. The van der Waals surface area contributed by atoms with Gasteiger partial charge in [0, 0.05) is 23.6 Å². The number of ketones is 1. The van der Waals surface area contributed by atoms with Gasteiger partial charge >= 0.3 is 0 Å². The Morgan fingerprint density at radius 3 is 2.10 bits per heavy atom. The largest absolute Gasteiger partial charge is 0.354 e. The summed E-state index contributed by atoms with van der Waals surface area (Å²) >= 11 is 0. The summed E-state index contributed by atoms with van der Waals surface area (Å²) in [5.74, 6) is -0.251. The molecule has 39 heavy (non-hydrogen) atoms. The molecule has 0 atom stereocenters. The van der Waals surface area contributed by atoms with Gasteiger partial charge in [-0.3, -0.25) is 14.1 Å². The standard InChI is InChI=1S/C30H22N2O5S.H3N/c1-17-12-13-21(24(16-17)38(35,36)37)31-22-14-15-23-28-26(19-10-6-7-11-20(19)29(33)27(22)28)25(30(34)32(23)2)18-8-4-3-5-9-18;/h3-16,31H,1-2H3,(H,35,36,37);1H3. The SMILES string of the molecule is Cc1ccc(Nc2ccc3c4c2C(=O)c2ccccc2-c4c(-c2ccccc2)c(=O)n3C)c(S(=O)(=O)O)c1.N. The molecule has 1 aromatic heterocycles. The van der Waals surface area contributed by atoms with E-state index in [2.05, 4.69) is 5.32 Å². The van der Waals surface area contributed by atoms with Gasteiger partial charge in [-0.25, -0.2) is 0 Å². The Balaban J connectivity index is 0.00000308. The maximum Gasteiger partial charge on any atom is 0.296 e. The number of anilines is 2. The zero-order valence-electron chi connectivity index (χ0n) is 21.2. The van der Waals surface area contributed by atoms with Gasteiger partial charge in [-0.2, -0.15) is 8.42 Å². The summed E-state index contributed by atoms with van der Waals surface area (Å²) < 4.78 is 35.7. The minimum atomic E-state index is -4.54. The van der Waals surface area contributed by atoms with Crippen LogP contribution in [-0.2, 0) is 17.2 Å². The highest BCUT2D eigenvalue weighted by atomic mass is 32.2. The Morgan fingerprint density at radius 2 is 1.41 bits per heavy atom. The summed E-state index contributed by atoms with van der Waals surface area (Å²) in [6.07, 6.45) is 0. The van der Waals surface area contributed by atoms with Crippen LogP contribution in [0.1, 0.15) is 21.5 Å². The molecule has 196 valence electrons. The number of aromatic nitrogens is 1. The molecule has 0 saturated heterocycles. The third-order valence-electron chi connectivity index (χ3n) is 6.98. The van der Waals surface area contributed by atoms with Crippen LogP contribution in [-0.4, -0.2) is 23.3 Å². The monoisotopic (exact) mass is 539 g/mol. The van der Waals surface area contributed by atoms with Gasteiger partial charge in [0.25, 0.3) is 15.7 Å². The number of nitrogens with zero attached hydrogens (tertiary/aromatic N) is 1. The summed E-state index contributed by atoms with van der Waals surface area (Å²) in [6.45, 7) is 1.72. The number of hydrogen-bond acceptors (Lipinski definition) is 6. The van der Waals surface area contributed by atoms with Crippen molar-refractivity contribution in [2.45, 2.75) is 11.8 Å². The normalized spacial score (nSPS) is 12.1. The molecule has 0 spiro atoms. The zero-order valence-corrected chi connectivity index (χ0v) is 22.0. The van der Waals surface area contributed by atoms with Crippen LogP contribution in [0.15, 0.2) is 94.6 Å². The highest BCUT2D eigenvalue weighted by Gasteiger charge is 2.32. The minimum absolute atomic E-state index is 0. The predicted octanol–water partition coefficient (Wildman–Crippen LogP) is 5.88. The molecule has 0 bridgehead atoms. The summed E-state index contributed by atoms with van der Waals surface area (Å²) in [4.78, 5) is 27.4. The van der Waals surface area contributed by atoms with Gasteiger partial charge in [0.1, 0.15) is 4.90 Å². The molecule has 5 N–H and O–H groups in total. The van der Waals surface area contributed by atoms with Crippen molar-refractivity contribution in [1.29, 1.82) is 0 Å². The van der Waals surface area contributed by atoms with Gasteiger partial charge in [0.05, 0.1) is 28.0 Å². The average Bonchev–Trinajstić information content (AvgIpc) is 2.90. The fourth-order valence-electron chi connectivity index (χ4n) is 5.24. The zero-order chi connectivity index (χ0) is 26.8. The molecule has 1 aliphatic rings. The maximum atomic E-state index is 14.0. The number of carbonyl (C=O) groups excluding carboxylic acids is 1. The summed E-state index contributed by atoms with van der Waals surface area (Å²) in [5.41, 5.74) is 4.83. The number of benzene rings is 4. The van der Waals surface area contributed by atoms with E-state index < -0.39 is 10.1 Å². The molecule has 1 heterocycles. The first-order chi connectivity index (χ1) is 18.2. The molecule has 0 unspecified atom stereocenters. The van der Waals surface area contributed by atoms with Crippen molar-refractivity contribution in [2.75, 3.05) is 5.32 Å². The number of aryl methyl sites for hydroxylation is 2. The van der Waals surface area contributed by atoms with Crippen LogP contribution < -0.4 is 17.0 Å². The Labute approximate surface area is 224 Å². The van der Waals surface area contributed by atoms with Crippen molar-refractivity contribution >= 4 is 38.2 Å². The quantitative estimate of drug-likeness (QED) is 0.238. The van der Waals surface area contributed by atoms with Crippen LogP contribution in [0.4, 0.5) is 11.4 Å². The molecule has 6 rings (SSSR count). The van der Waals surface area contributed by atoms with Crippen LogP contribution in [0.3, 0.4) is 0 Å². The summed E-state index contributed by atoms with van der Waals surface area (Å²) in [6, 6.07) is 24.5. The second-order valence-electron chi connectivity index (χ2n) is 9.34. The number of nitrogens with one attached hydrogen (secondary N) is 1. The van der Waals surface area contributed by atoms with Crippen LogP contribution in [0, 0.1) is 6.92 Å². The number of hydrogen-bond donors (Lipinski definition) is 3. The lowest BCUT2D eigenvalue weighted by Crippen LogP contribution is -2.24. The lowest BCUT2D eigenvalue weighted by Gasteiger charge is -2.26. The van der Waals surface area contributed by atoms with Crippen molar-refractivity contribution in [3.05, 3.63) is 112 Å². The van der Waals surface area contributed by atoms with Gasteiger partial charge in [-0.05, 0) is 47.9 Å². The van der Waals surface area contributed by atoms with Gasteiger partial charge < -0.3 is 16.0 Å².